The summed E-state index contributed by atoms with van der Waals surface area (Å²) in [5.41, 5.74) is 4.25. The number of rotatable bonds is 8. The van der Waals surface area contributed by atoms with E-state index in [1.165, 1.54) is 11.1 Å². The van der Waals surface area contributed by atoms with Gasteiger partial charge in [0.15, 0.2) is 5.13 Å². The topological polar surface area (TPSA) is 36.4 Å². The largest absolute Gasteiger partial charge is 0.302 e. The zero-order valence-corrected chi connectivity index (χ0v) is 20.6. The van der Waals surface area contributed by atoms with Gasteiger partial charge in [-0.1, -0.05) is 71.1 Å². The highest BCUT2D eigenvalue weighted by molar-refractivity contribution is 7.22. The summed E-state index contributed by atoms with van der Waals surface area (Å²) < 4.78 is 1.14. The molecular formula is C26H35N3OS. The Bertz CT molecular complexity index is 1010. The molecule has 0 unspecified atom stereocenters. The second-order valence-corrected chi connectivity index (χ2v) is 9.97. The molecule has 0 fully saturated rings. The number of thiazole rings is 1. The van der Waals surface area contributed by atoms with Gasteiger partial charge in [0.2, 0.25) is 0 Å². The molecule has 0 saturated heterocycles. The van der Waals surface area contributed by atoms with E-state index in [9.17, 15) is 4.79 Å². The number of nitrogens with zero attached hydrogens (tertiary/aromatic N) is 3. The van der Waals surface area contributed by atoms with Gasteiger partial charge in [0.25, 0.3) is 5.91 Å². The van der Waals surface area contributed by atoms with E-state index in [1.807, 2.05) is 17.0 Å². The average Bonchev–Trinajstić information content (AvgIpc) is 3.18. The first kappa shape index (κ1) is 23.4. The predicted molar refractivity (Wildman–Crippen MR) is 134 cm³/mol. The molecule has 1 heterocycles. The SMILES string of the molecule is CCc1ccc2nc(N(CCN(CC)CC)C(=O)c3ccc(C(C)(C)C)cc3)sc2c1. The molecule has 31 heavy (non-hydrogen) atoms. The van der Waals surface area contributed by atoms with Gasteiger partial charge in [-0.2, -0.15) is 0 Å². The van der Waals surface area contributed by atoms with Crippen molar-refractivity contribution in [3.63, 3.8) is 0 Å². The first-order valence-electron chi connectivity index (χ1n) is 11.3. The van der Waals surface area contributed by atoms with Crippen LogP contribution in [0.5, 0.6) is 0 Å². The van der Waals surface area contributed by atoms with Crippen LogP contribution in [0.15, 0.2) is 42.5 Å². The molecular weight excluding hydrogens is 402 g/mol. The molecule has 1 amide bonds. The highest BCUT2D eigenvalue weighted by Crippen LogP contribution is 2.31. The van der Waals surface area contributed by atoms with Crippen LogP contribution in [0.3, 0.4) is 0 Å². The Kier molecular flexibility index (Phi) is 7.50. The number of amides is 1. The maximum Gasteiger partial charge on any atom is 0.260 e. The fraction of sp³-hybridized carbons (Fsp3) is 0.462. The van der Waals surface area contributed by atoms with Crippen LogP contribution < -0.4 is 4.90 Å². The summed E-state index contributed by atoms with van der Waals surface area (Å²) in [4.78, 5) is 22.6. The van der Waals surface area contributed by atoms with Crippen molar-refractivity contribution in [2.24, 2.45) is 0 Å². The van der Waals surface area contributed by atoms with Crippen molar-refractivity contribution in [1.82, 2.24) is 9.88 Å². The highest BCUT2D eigenvalue weighted by Gasteiger charge is 2.23. The molecule has 0 aliphatic rings. The van der Waals surface area contributed by atoms with Gasteiger partial charge in [0, 0.05) is 18.7 Å². The molecule has 5 heteroatoms. The lowest BCUT2D eigenvalue weighted by Crippen LogP contribution is -2.38. The molecule has 3 aromatic rings. The lowest BCUT2D eigenvalue weighted by molar-refractivity contribution is 0.0983. The van der Waals surface area contributed by atoms with Crippen LogP contribution in [0.2, 0.25) is 0 Å². The van der Waals surface area contributed by atoms with E-state index in [1.54, 1.807) is 11.3 Å². The van der Waals surface area contributed by atoms with Gasteiger partial charge in [0.05, 0.1) is 10.2 Å². The molecule has 3 rings (SSSR count). The number of hydrogen-bond acceptors (Lipinski definition) is 4. The number of fused-ring (bicyclic) bond motifs is 1. The molecule has 1 aromatic heterocycles. The number of aryl methyl sites for hydroxylation is 1. The van der Waals surface area contributed by atoms with E-state index in [0.717, 1.165) is 41.4 Å². The van der Waals surface area contributed by atoms with Crippen molar-refractivity contribution < 1.29 is 4.79 Å². The third kappa shape index (κ3) is 5.52. The third-order valence-electron chi connectivity index (χ3n) is 5.86. The molecule has 4 nitrogen and oxygen atoms in total. The summed E-state index contributed by atoms with van der Waals surface area (Å²) in [7, 11) is 0. The predicted octanol–water partition coefficient (Wildman–Crippen LogP) is 6.14. The van der Waals surface area contributed by atoms with Crippen LogP contribution in [-0.2, 0) is 11.8 Å². The van der Waals surface area contributed by atoms with Gasteiger partial charge >= 0.3 is 0 Å². The number of benzene rings is 2. The zero-order valence-electron chi connectivity index (χ0n) is 19.7. The molecule has 0 bridgehead atoms. The summed E-state index contributed by atoms with van der Waals surface area (Å²) >= 11 is 1.61. The van der Waals surface area contributed by atoms with Gasteiger partial charge in [-0.05, 0) is 60.3 Å². The van der Waals surface area contributed by atoms with Crippen LogP contribution in [-0.4, -0.2) is 42.0 Å². The van der Waals surface area contributed by atoms with E-state index in [2.05, 4.69) is 76.8 Å². The zero-order chi connectivity index (χ0) is 22.6. The molecule has 0 radical (unpaired) electrons. The van der Waals surface area contributed by atoms with E-state index < -0.39 is 0 Å². The van der Waals surface area contributed by atoms with Gasteiger partial charge in [0.1, 0.15) is 0 Å². The van der Waals surface area contributed by atoms with Gasteiger partial charge in [-0.15, -0.1) is 0 Å². The van der Waals surface area contributed by atoms with Crippen LogP contribution >= 0.6 is 11.3 Å². The standard InChI is InChI=1S/C26H35N3OS/c1-7-19-10-15-22-23(18-19)31-25(27-22)29(17-16-28(8-2)9-3)24(30)20-11-13-21(14-12-20)26(4,5)6/h10-15,18H,7-9,16-17H2,1-6H3. The van der Waals surface area contributed by atoms with Crippen molar-refractivity contribution in [3.05, 3.63) is 59.2 Å². The van der Waals surface area contributed by atoms with E-state index in [0.29, 0.717) is 12.1 Å². The second kappa shape index (κ2) is 9.92. The van der Waals surface area contributed by atoms with E-state index in [4.69, 9.17) is 4.98 Å². The first-order valence-corrected chi connectivity index (χ1v) is 12.1. The van der Waals surface area contributed by atoms with Crippen molar-refractivity contribution >= 4 is 32.6 Å². The van der Waals surface area contributed by atoms with Crippen molar-refractivity contribution in [2.75, 3.05) is 31.1 Å². The second-order valence-electron chi connectivity index (χ2n) is 8.96. The average molecular weight is 438 g/mol. The highest BCUT2D eigenvalue weighted by atomic mass is 32.1. The lowest BCUT2D eigenvalue weighted by Gasteiger charge is -2.25. The minimum Gasteiger partial charge on any atom is -0.302 e. The van der Waals surface area contributed by atoms with Gasteiger partial charge in [-0.3, -0.25) is 9.69 Å². The quantitative estimate of drug-likeness (QED) is 0.424. The number of likely N-dealkylation sites (N-methyl/N-ethyl adjacent to an activating group) is 1. The number of hydrogen-bond donors (Lipinski definition) is 0. The Morgan fingerprint density at radius 1 is 0.968 bits per heavy atom. The minimum absolute atomic E-state index is 0.0161. The smallest absolute Gasteiger partial charge is 0.260 e. The summed E-state index contributed by atoms with van der Waals surface area (Å²) in [6.45, 7) is 16.4. The van der Waals surface area contributed by atoms with Crippen LogP contribution in [0.4, 0.5) is 5.13 Å². The van der Waals surface area contributed by atoms with E-state index in [-0.39, 0.29) is 11.3 Å². The van der Waals surface area contributed by atoms with Crippen LogP contribution in [0.1, 0.15) is 63.0 Å². The molecule has 0 aliphatic carbocycles. The maximum absolute atomic E-state index is 13.6. The first-order chi connectivity index (χ1) is 14.8. The fourth-order valence-electron chi connectivity index (χ4n) is 3.63. The summed E-state index contributed by atoms with van der Waals surface area (Å²) in [5, 5.41) is 0.778. The molecule has 0 atom stereocenters. The Morgan fingerprint density at radius 3 is 2.23 bits per heavy atom. The number of carbonyl (C=O) groups is 1. The molecule has 2 aromatic carbocycles. The third-order valence-corrected chi connectivity index (χ3v) is 6.90. The number of aromatic nitrogens is 1. The molecule has 0 spiro atoms. The summed E-state index contributed by atoms with van der Waals surface area (Å²) in [5.74, 6) is 0.0161. The maximum atomic E-state index is 13.6. The Balaban J connectivity index is 1.94. The lowest BCUT2D eigenvalue weighted by atomic mass is 9.86. The van der Waals surface area contributed by atoms with E-state index >= 15 is 0 Å². The fourth-order valence-corrected chi connectivity index (χ4v) is 4.68. The minimum atomic E-state index is 0.0161. The van der Waals surface area contributed by atoms with Crippen LogP contribution in [0, 0.1) is 0 Å². The molecule has 0 N–H and O–H groups in total. The molecule has 166 valence electrons. The Morgan fingerprint density at radius 2 is 1.65 bits per heavy atom. The summed E-state index contributed by atoms with van der Waals surface area (Å²) in [6, 6.07) is 14.4. The molecule has 0 saturated carbocycles. The summed E-state index contributed by atoms with van der Waals surface area (Å²) in [6.07, 6.45) is 0.994. The van der Waals surface area contributed by atoms with Gasteiger partial charge in [-0.25, -0.2) is 4.98 Å². The van der Waals surface area contributed by atoms with Crippen molar-refractivity contribution in [1.29, 1.82) is 0 Å². The molecule has 0 aliphatic heterocycles. The number of carbonyl (C=O) groups excluding carboxylic acids is 1. The number of anilines is 1. The van der Waals surface area contributed by atoms with Crippen molar-refractivity contribution in [3.8, 4) is 0 Å². The Labute approximate surface area is 190 Å². The van der Waals surface area contributed by atoms with Crippen molar-refractivity contribution in [2.45, 2.75) is 53.4 Å². The monoisotopic (exact) mass is 437 g/mol. The normalized spacial score (nSPS) is 12.0. The Hall–Kier alpha value is -2.24. The van der Waals surface area contributed by atoms with Crippen LogP contribution in [0.25, 0.3) is 10.2 Å². The van der Waals surface area contributed by atoms with Gasteiger partial charge < -0.3 is 4.90 Å².